The van der Waals surface area contributed by atoms with Crippen LogP contribution in [-0.2, 0) is 0 Å². The summed E-state index contributed by atoms with van der Waals surface area (Å²) in [4.78, 5) is 17.4. The molecular weight excluding hydrogens is 392 g/mol. The van der Waals surface area contributed by atoms with Gasteiger partial charge in [-0.05, 0) is 55.9 Å². The van der Waals surface area contributed by atoms with E-state index in [0.29, 0.717) is 5.69 Å². The molecule has 1 saturated heterocycles. The van der Waals surface area contributed by atoms with Crippen molar-refractivity contribution in [1.82, 2.24) is 15.4 Å². The number of hydrogen-bond donors (Lipinski definition) is 1. The lowest BCUT2D eigenvalue weighted by Gasteiger charge is -2.34. The molecule has 3 aromatic rings. The normalized spacial score (nSPS) is 15.5. The second-order valence-corrected chi connectivity index (χ2v) is 7.88. The molecular formula is C24H28N4O3. The van der Waals surface area contributed by atoms with Gasteiger partial charge in [0.05, 0.1) is 13.2 Å². The number of ether oxygens (including phenoxy) is 1. The molecule has 1 aliphatic rings. The number of amides is 1. The standard InChI is InChI=1S/C24H28N4O3/c1-17(18-4-8-20(9-5-18)28-14-12-27(2)13-15-28)25-24(29)23-16-22(26-31-23)19-6-10-21(30-3)11-7-19/h4-11,16-17H,12-15H2,1-3H3,(H,25,29). The van der Waals surface area contributed by atoms with Gasteiger partial charge in [-0.2, -0.15) is 0 Å². The number of piperazine rings is 1. The predicted molar refractivity (Wildman–Crippen MR) is 121 cm³/mol. The quantitative estimate of drug-likeness (QED) is 0.657. The van der Waals surface area contributed by atoms with Crippen LogP contribution in [0.1, 0.15) is 29.1 Å². The maximum Gasteiger partial charge on any atom is 0.290 e. The van der Waals surface area contributed by atoms with E-state index in [1.54, 1.807) is 13.2 Å². The van der Waals surface area contributed by atoms with Crippen LogP contribution in [0.25, 0.3) is 11.3 Å². The van der Waals surface area contributed by atoms with E-state index in [-0.39, 0.29) is 17.7 Å². The van der Waals surface area contributed by atoms with Crippen molar-refractivity contribution in [3.05, 3.63) is 65.9 Å². The Morgan fingerprint density at radius 2 is 1.74 bits per heavy atom. The third-order valence-electron chi connectivity index (χ3n) is 5.73. The molecule has 1 N–H and O–H groups in total. The first kappa shape index (κ1) is 20.9. The molecule has 7 nitrogen and oxygen atoms in total. The van der Waals surface area contributed by atoms with Crippen LogP contribution < -0.4 is 15.0 Å². The van der Waals surface area contributed by atoms with Crippen molar-refractivity contribution in [2.75, 3.05) is 45.2 Å². The van der Waals surface area contributed by atoms with Crippen molar-refractivity contribution in [3.63, 3.8) is 0 Å². The van der Waals surface area contributed by atoms with Gasteiger partial charge in [-0.1, -0.05) is 17.3 Å². The summed E-state index contributed by atoms with van der Waals surface area (Å²) >= 11 is 0. The molecule has 0 spiro atoms. The number of nitrogens with one attached hydrogen (secondary N) is 1. The molecule has 0 aliphatic carbocycles. The summed E-state index contributed by atoms with van der Waals surface area (Å²) in [6.07, 6.45) is 0. The van der Waals surface area contributed by atoms with E-state index in [0.717, 1.165) is 43.1 Å². The SMILES string of the molecule is COc1ccc(-c2cc(C(=O)NC(C)c3ccc(N4CCN(C)CC4)cc3)on2)cc1. The van der Waals surface area contributed by atoms with E-state index < -0.39 is 0 Å². The van der Waals surface area contributed by atoms with E-state index in [9.17, 15) is 4.79 Å². The molecule has 0 saturated carbocycles. The van der Waals surface area contributed by atoms with E-state index >= 15 is 0 Å². The average Bonchev–Trinajstić information content (AvgIpc) is 3.30. The largest absolute Gasteiger partial charge is 0.497 e. The summed E-state index contributed by atoms with van der Waals surface area (Å²) in [7, 11) is 3.77. The van der Waals surface area contributed by atoms with Crippen LogP contribution in [0.4, 0.5) is 5.69 Å². The zero-order valence-corrected chi connectivity index (χ0v) is 18.2. The van der Waals surface area contributed by atoms with E-state index in [1.165, 1.54) is 5.69 Å². The first-order valence-corrected chi connectivity index (χ1v) is 10.5. The van der Waals surface area contributed by atoms with Gasteiger partial charge >= 0.3 is 0 Å². The van der Waals surface area contributed by atoms with Gasteiger partial charge in [-0.25, -0.2) is 0 Å². The van der Waals surface area contributed by atoms with Crippen molar-refractivity contribution >= 4 is 11.6 Å². The molecule has 7 heteroatoms. The Morgan fingerprint density at radius 3 is 2.39 bits per heavy atom. The molecule has 2 aromatic carbocycles. The lowest BCUT2D eigenvalue weighted by atomic mass is 10.1. The Morgan fingerprint density at radius 1 is 1.06 bits per heavy atom. The fraction of sp³-hybridized carbons (Fsp3) is 0.333. The fourth-order valence-corrected chi connectivity index (χ4v) is 3.67. The number of rotatable bonds is 6. The summed E-state index contributed by atoms with van der Waals surface area (Å²) in [6, 6.07) is 17.3. The Hall–Kier alpha value is -3.32. The van der Waals surface area contributed by atoms with Crippen LogP contribution in [-0.4, -0.2) is 56.3 Å². The molecule has 1 aromatic heterocycles. The smallest absolute Gasteiger partial charge is 0.290 e. The summed E-state index contributed by atoms with van der Waals surface area (Å²) < 4.78 is 10.4. The molecule has 31 heavy (non-hydrogen) atoms. The van der Waals surface area contributed by atoms with Crippen molar-refractivity contribution in [2.24, 2.45) is 0 Å². The Labute approximate surface area is 182 Å². The molecule has 1 aliphatic heterocycles. The average molecular weight is 421 g/mol. The van der Waals surface area contributed by atoms with E-state index in [4.69, 9.17) is 9.26 Å². The second-order valence-electron chi connectivity index (χ2n) is 7.88. The Bertz CT molecular complexity index is 1010. The monoisotopic (exact) mass is 420 g/mol. The number of aromatic nitrogens is 1. The molecule has 1 fully saturated rings. The number of carbonyl (C=O) groups excluding carboxylic acids is 1. The van der Waals surface area contributed by atoms with E-state index in [1.807, 2.05) is 31.2 Å². The highest BCUT2D eigenvalue weighted by Gasteiger charge is 2.18. The second kappa shape index (κ2) is 9.22. The van der Waals surface area contributed by atoms with Gasteiger partial charge in [0.1, 0.15) is 11.4 Å². The van der Waals surface area contributed by atoms with Crippen molar-refractivity contribution in [1.29, 1.82) is 0 Å². The molecule has 0 bridgehead atoms. The van der Waals surface area contributed by atoms with Crippen molar-refractivity contribution in [3.8, 4) is 17.0 Å². The number of methoxy groups -OCH3 is 1. The summed E-state index contributed by atoms with van der Waals surface area (Å²) in [5.74, 6) is 0.660. The van der Waals surface area contributed by atoms with Gasteiger partial charge < -0.3 is 24.4 Å². The van der Waals surface area contributed by atoms with Crippen LogP contribution in [0, 0.1) is 0 Å². The fourth-order valence-electron chi connectivity index (χ4n) is 3.67. The maximum atomic E-state index is 12.6. The van der Waals surface area contributed by atoms with Crippen LogP contribution >= 0.6 is 0 Å². The van der Waals surface area contributed by atoms with Crippen molar-refractivity contribution < 1.29 is 14.1 Å². The highest BCUT2D eigenvalue weighted by atomic mass is 16.5. The Balaban J connectivity index is 1.37. The number of benzene rings is 2. The summed E-state index contributed by atoms with van der Waals surface area (Å²) in [5.41, 5.74) is 3.73. The van der Waals surface area contributed by atoms with Crippen LogP contribution in [0.3, 0.4) is 0 Å². The number of hydrogen-bond acceptors (Lipinski definition) is 6. The van der Waals surface area contributed by atoms with Crippen LogP contribution in [0.5, 0.6) is 5.75 Å². The highest BCUT2D eigenvalue weighted by Crippen LogP contribution is 2.23. The molecule has 0 radical (unpaired) electrons. The van der Waals surface area contributed by atoms with Crippen LogP contribution in [0.15, 0.2) is 59.1 Å². The Kier molecular flexibility index (Phi) is 6.23. The molecule has 1 amide bonds. The van der Waals surface area contributed by atoms with Gasteiger partial charge in [0.25, 0.3) is 5.91 Å². The topological polar surface area (TPSA) is 70.8 Å². The third kappa shape index (κ3) is 4.88. The summed E-state index contributed by atoms with van der Waals surface area (Å²) in [6.45, 7) is 6.17. The minimum Gasteiger partial charge on any atom is -0.497 e. The number of likely N-dealkylation sites (N-methyl/N-ethyl adjacent to an activating group) is 1. The van der Waals surface area contributed by atoms with Gasteiger partial charge in [-0.15, -0.1) is 0 Å². The molecule has 162 valence electrons. The summed E-state index contributed by atoms with van der Waals surface area (Å²) in [5, 5.41) is 7.01. The lowest BCUT2D eigenvalue weighted by Crippen LogP contribution is -2.44. The van der Waals surface area contributed by atoms with E-state index in [2.05, 4.69) is 51.6 Å². The minimum absolute atomic E-state index is 0.149. The predicted octanol–water partition coefficient (Wildman–Crippen LogP) is 3.59. The van der Waals surface area contributed by atoms with Gasteiger partial charge in [-0.3, -0.25) is 4.79 Å². The van der Waals surface area contributed by atoms with Crippen molar-refractivity contribution in [2.45, 2.75) is 13.0 Å². The number of carbonyl (C=O) groups is 1. The third-order valence-corrected chi connectivity index (χ3v) is 5.73. The van der Waals surface area contributed by atoms with Gasteiger partial charge in [0.15, 0.2) is 0 Å². The molecule has 2 heterocycles. The number of nitrogens with zero attached hydrogens (tertiary/aromatic N) is 3. The first-order chi connectivity index (χ1) is 15.0. The van der Waals surface area contributed by atoms with Crippen LogP contribution in [0.2, 0.25) is 0 Å². The zero-order chi connectivity index (χ0) is 21.8. The maximum absolute atomic E-state index is 12.6. The molecule has 1 unspecified atom stereocenters. The number of anilines is 1. The lowest BCUT2D eigenvalue weighted by molar-refractivity contribution is 0.0902. The minimum atomic E-state index is -0.289. The van der Waals surface area contributed by atoms with Gasteiger partial charge in [0.2, 0.25) is 5.76 Å². The highest BCUT2D eigenvalue weighted by molar-refractivity contribution is 5.92. The first-order valence-electron chi connectivity index (χ1n) is 10.5. The zero-order valence-electron chi connectivity index (χ0n) is 18.2. The van der Waals surface area contributed by atoms with Gasteiger partial charge in [0, 0.05) is 43.5 Å². The molecule has 4 rings (SSSR count). The molecule has 1 atom stereocenters.